The molecule has 3 rings (SSSR count). The zero-order valence-corrected chi connectivity index (χ0v) is 11.0. The van der Waals surface area contributed by atoms with E-state index >= 15 is 0 Å². The minimum atomic E-state index is 0.100. The van der Waals surface area contributed by atoms with E-state index in [9.17, 15) is 4.79 Å². The number of fused-ring (bicyclic) bond motifs is 1. The normalized spacial score (nSPS) is 25.3. The Morgan fingerprint density at radius 1 is 1.21 bits per heavy atom. The van der Waals surface area contributed by atoms with Crippen molar-refractivity contribution in [3.8, 4) is 5.75 Å². The summed E-state index contributed by atoms with van der Waals surface area (Å²) in [6.45, 7) is 0.673. The number of para-hydroxylation sites is 1. The van der Waals surface area contributed by atoms with Crippen LogP contribution in [0.3, 0.4) is 0 Å². The third-order valence-electron chi connectivity index (χ3n) is 3.91. The van der Waals surface area contributed by atoms with Gasteiger partial charge < -0.3 is 10.1 Å². The minimum absolute atomic E-state index is 0.100. The molecule has 0 aromatic heterocycles. The molecule has 3 heteroatoms. The summed E-state index contributed by atoms with van der Waals surface area (Å²) >= 11 is 0. The molecule has 0 unspecified atom stereocenters. The average Bonchev–Trinajstić information content (AvgIpc) is 2.48. The molecule has 1 N–H and O–H groups in total. The van der Waals surface area contributed by atoms with Crippen molar-refractivity contribution in [1.82, 2.24) is 5.32 Å². The highest BCUT2D eigenvalue weighted by Crippen LogP contribution is 2.32. The largest absolute Gasteiger partial charge is 0.493 e. The van der Waals surface area contributed by atoms with Crippen LogP contribution in [0.25, 0.3) is 0 Å². The molecule has 2 aliphatic rings. The number of ether oxygens (including phenoxy) is 1. The van der Waals surface area contributed by atoms with E-state index < -0.39 is 0 Å². The number of allylic oxidation sites excluding steroid dienone is 2. The van der Waals surface area contributed by atoms with Gasteiger partial charge in [0.1, 0.15) is 5.75 Å². The number of nitrogens with one attached hydrogen (secondary N) is 1. The van der Waals surface area contributed by atoms with Crippen LogP contribution in [0.2, 0.25) is 0 Å². The summed E-state index contributed by atoms with van der Waals surface area (Å²) in [5.74, 6) is 1.23. The Labute approximate surface area is 113 Å². The highest BCUT2D eigenvalue weighted by Gasteiger charge is 2.26. The molecule has 1 aromatic rings. The van der Waals surface area contributed by atoms with Crippen LogP contribution in [-0.2, 0) is 4.79 Å². The molecule has 0 spiro atoms. The Kier molecular flexibility index (Phi) is 3.53. The van der Waals surface area contributed by atoms with Crippen molar-refractivity contribution >= 4 is 5.91 Å². The summed E-state index contributed by atoms with van der Waals surface area (Å²) < 4.78 is 5.62. The first-order valence-electron chi connectivity index (χ1n) is 7.01. The van der Waals surface area contributed by atoms with Gasteiger partial charge in [0, 0.05) is 17.9 Å². The Hall–Kier alpha value is -1.77. The lowest BCUT2D eigenvalue weighted by atomic mass is 9.92. The van der Waals surface area contributed by atoms with Crippen LogP contribution in [0.1, 0.15) is 37.3 Å². The van der Waals surface area contributed by atoms with Crippen molar-refractivity contribution in [2.45, 2.75) is 31.7 Å². The predicted octanol–water partition coefficient (Wildman–Crippen LogP) is 2.98. The van der Waals surface area contributed by atoms with Crippen LogP contribution < -0.4 is 10.1 Å². The van der Waals surface area contributed by atoms with Crippen molar-refractivity contribution in [3.05, 3.63) is 42.0 Å². The molecular weight excluding hydrogens is 238 g/mol. The fourth-order valence-corrected chi connectivity index (χ4v) is 2.81. The molecular formula is C16H19NO2. The van der Waals surface area contributed by atoms with Crippen LogP contribution in [0.5, 0.6) is 5.75 Å². The maximum atomic E-state index is 12.3. The number of hydrogen-bond donors (Lipinski definition) is 1. The molecule has 1 aliphatic heterocycles. The van der Waals surface area contributed by atoms with Crippen LogP contribution in [-0.4, -0.2) is 12.5 Å². The molecule has 0 bridgehead atoms. The van der Waals surface area contributed by atoms with Gasteiger partial charge in [0.15, 0.2) is 0 Å². The summed E-state index contributed by atoms with van der Waals surface area (Å²) in [6, 6.07) is 8.07. The highest BCUT2D eigenvalue weighted by molar-refractivity contribution is 5.79. The topological polar surface area (TPSA) is 38.3 Å². The number of hydrogen-bond acceptors (Lipinski definition) is 2. The molecule has 100 valence electrons. The first-order chi connectivity index (χ1) is 9.34. The number of carbonyl (C=O) groups is 1. The van der Waals surface area contributed by atoms with Gasteiger partial charge in [-0.3, -0.25) is 4.79 Å². The predicted molar refractivity (Wildman–Crippen MR) is 73.9 cm³/mol. The monoisotopic (exact) mass is 257 g/mol. The van der Waals surface area contributed by atoms with E-state index in [0.29, 0.717) is 6.61 Å². The van der Waals surface area contributed by atoms with Gasteiger partial charge in [-0.2, -0.15) is 0 Å². The van der Waals surface area contributed by atoms with Gasteiger partial charge >= 0.3 is 0 Å². The molecule has 0 saturated carbocycles. The third kappa shape index (κ3) is 2.65. The quantitative estimate of drug-likeness (QED) is 0.827. The minimum Gasteiger partial charge on any atom is -0.493 e. The van der Waals surface area contributed by atoms with Gasteiger partial charge in [-0.15, -0.1) is 0 Å². The molecule has 1 aliphatic carbocycles. The van der Waals surface area contributed by atoms with Crippen LogP contribution in [0.4, 0.5) is 0 Å². The number of amides is 1. The SMILES string of the molecule is O=C(N[C@@H]1CCOc2ccccc21)[C@H]1CC=CCC1. The highest BCUT2D eigenvalue weighted by atomic mass is 16.5. The van der Waals surface area contributed by atoms with Crippen LogP contribution >= 0.6 is 0 Å². The number of rotatable bonds is 2. The number of carbonyl (C=O) groups excluding carboxylic acids is 1. The zero-order valence-electron chi connectivity index (χ0n) is 11.0. The average molecular weight is 257 g/mol. The fourth-order valence-electron chi connectivity index (χ4n) is 2.81. The van der Waals surface area contributed by atoms with Crippen molar-refractivity contribution in [1.29, 1.82) is 0 Å². The van der Waals surface area contributed by atoms with Crippen LogP contribution in [0.15, 0.2) is 36.4 Å². The van der Waals surface area contributed by atoms with Crippen molar-refractivity contribution in [3.63, 3.8) is 0 Å². The number of benzene rings is 1. The molecule has 0 fully saturated rings. The fraction of sp³-hybridized carbons (Fsp3) is 0.438. The molecule has 1 heterocycles. The van der Waals surface area contributed by atoms with Gasteiger partial charge in [-0.1, -0.05) is 30.4 Å². The van der Waals surface area contributed by atoms with E-state index in [1.54, 1.807) is 0 Å². The second-order valence-electron chi connectivity index (χ2n) is 5.22. The second kappa shape index (κ2) is 5.47. The molecule has 0 radical (unpaired) electrons. The lowest BCUT2D eigenvalue weighted by Crippen LogP contribution is -2.36. The Morgan fingerprint density at radius 2 is 2.11 bits per heavy atom. The molecule has 0 saturated heterocycles. The third-order valence-corrected chi connectivity index (χ3v) is 3.91. The zero-order chi connectivity index (χ0) is 13.1. The molecule has 19 heavy (non-hydrogen) atoms. The second-order valence-corrected chi connectivity index (χ2v) is 5.22. The molecule has 3 nitrogen and oxygen atoms in total. The van der Waals surface area contributed by atoms with Gasteiger partial charge in [0.25, 0.3) is 0 Å². The summed E-state index contributed by atoms with van der Waals surface area (Å²) in [5.41, 5.74) is 1.11. The van der Waals surface area contributed by atoms with E-state index in [1.165, 1.54) is 0 Å². The Bertz CT molecular complexity index is 495. The first kappa shape index (κ1) is 12.3. The van der Waals surface area contributed by atoms with Crippen LogP contribution in [0, 0.1) is 5.92 Å². The maximum Gasteiger partial charge on any atom is 0.223 e. The standard InChI is InChI=1S/C16H19NO2/c18-16(12-6-2-1-3-7-12)17-14-10-11-19-15-9-5-4-8-13(14)15/h1-2,4-5,8-9,12,14H,3,6-7,10-11H2,(H,17,18)/t12-,14+/m0/s1. The van der Waals surface area contributed by atoms with E-state index in [0.717, 1.165) is 37.0 Å². The molecule has 2 atom stereocenters. The van der Waals surface area contributed by atoms with Crippen molar-refractivity contribution < 1.29 is 9.53 Å². The maximum absolute atomic E-state index is 12.3. The summed E-state index contributed by atoms with van der Waals surface area (Å²) in [6.07, 6.45) is 7.98. The van der Waals surface area contributed by atoms with Crippen molar-refractivity contribution in [2.75, 3.05) is 6.61 Å². The van der Waals surface area contributed by atoms with E-state index in [-0.39, 0.29) is 17.9 Å². The van der Waals surface area contributed by atoms with Gasteiger partial charge in [-0.25, -0.2) is 0 Å². The molecule has 1 amide bonds. The van der Waals surface area contributed by atoms with Crippen molar-refractivity contribution in [2.24, 2.45) is 5.92 Å². The lowest BCUT2D eigenvalue weighted by molar-refractivity contribution is -0.126. The Morgan fingerprint density at radius 3 is 2.95 bits per heavy atom. The summed E-state index contributed by atoms with van der Waals surface area (Å²) in [5, 5.41) is 3.19. The lowest BCUT2D eigenvalue weighted by Gasteiger charge is -2.28. The van der Waals surface area contributed by atoms with Gasteiger partial charge in [0.2, 0.25) is 5.91 Å². The Balaban J connectivity index is 1.70. The molecule has 1 aromatic carbocycles. The van der Waals surface area contributed by atoms with E-state index in [2.05, 4.69) is 17.5 Å². The smallest absolute Gasteiger partial charge is 0.223 e. The van der Waals surface area contributed by atoms with E-state index in [4.69, 9.17) is 4.74 Å². The van der Waals surface area contributed by atoms with Gasteiger partial charge in [0.05, 0.1) is 12.6 Å². The first-order valence-corrected chi connectivity index (χ1v) is 7.01. The van der Waals surface area contributed by atoms with Gasteiger partial charge in [-0.05, 0) is 25.3 Å². The van der Waals surface area contributed by atoms with E-state index in [1.807, 2.05) is 24.3 Å². The summed E-state index contributed by atoms with van der Waals surface area (Å²) in [4.78, 5) is 12.3. The summed E-state index contributed by atoms with van der Waals surface area (Å²) in [7, 11) is 0.